The van der Waals surface area contributed by atoms with Gasteiger partial charge in [0.1, 0.15) is 0 Å². The summed E-state index contributed by atoms with van der Waals surface area (Å²) in [6.07, 6.45) is 8.43. The predicted octanol–water partition coefficient (Wildman–Crippen LogP) is 6.22. The number of hydrogen-bond acceptors (Lipinski definition) is 0. The van der Waals surface area contributed by atoms with Crippen LogP contribution in [0.5, 0.6) is 0 Å². The zero-order valence-corrected chi connectivity index (χ0v) is 13.7. The minimum Gasteiger partial charge on any atom is -0.0836 e. The number of hydrogen-bond donors (Lipinski definition) is 0. The quantitative estimate of drug-likeness (QED) is 0.580. The van der Waals surface area contributed by atoms with Crippen LogP contribution in [0.3, 0.4) is 0 Å². The van der Waals surface area contributed by atoms with E-state index >= 15 is 0 Å². The molecule has 1 aromatic rings. The van der Waals surface area contributed by atoms with Gasteiger partial charge in [-0.05, 0) is 47.6 Å². The molecule has 0 nitrogen and oxygen atoms in total. The third-order valence-corrected chi connectivity index (χ3v) is 6.44. The van der Waals surface area contributed by atoms with Crippen LogP contribution in [0.25, 0.3) is 0 Å². The maximum Gasteiger partial charge on any atom is 0.0428 e. The average molecular weight is 321 g/mol. The molecule has 0 aliphatic heterocycles. The second-order valence-electron chi connectivity index (χ2n) is 7.20. The average Bonchev–Trinajstić information content (AvgIpc) is 3.08. The molecule has 2 atom stereocenters. The summed E-state index contributed by atoms with van der Waals surface area (Å²) in [5.74, 6) is 1.64. The van der Waals surface area contributed by atoms with Crippen LogP contribution in [0.1, 0.15) is 74.2 Å². The molecular formula is C18H25Br. The largest absolute Gasteiger partial charge is 0.0836 e. The van der Waals surface area contributed by atoms with Crippen LogP contribution in [0.4, 0.5) is 0 Å². The van der Waals surface area contributed by atoms with E-state index < -0.39 is 0 Å². The van der Waals surface area contributed by atoms with Gasteiger partial charge in [0.2, 0.25) is 0 Å². The molecule has 0 saturated heterocycles. The van der Waals surface area contributed by atoms with E-state index in [0.29, 0.717) is 10.2 Å². The van der Waals surface area contributed by atoms with Crippen molar-refractivity contribution in [3.05, 3.63) is 35.4 Å². The Morgan fingerprint density at radius 2 is 1.63 bits per heavy atom. The summed E-state index contributed by atoms with van der Waals surface area (Å²) in [5, 5.41) is 0. The lowest BCUT2D eigenvalue weighted by molar-refractivity contribution is 0.443. The second-order valence-corrected chi connectivity index (χ2v) is 8.19. The first-order valence-corrected chi connectivity index (χ1v) is 8.73. The Hall–Kier alpha value is -0.300. The van der Waals surface area contributed by atoms with Crippen LogP contribution < -0.4 is 0 Å². The van der Waals surface area contributed by atoms with Gasteiger partial charge in [-0.2, -0.15) is 0 Å². The summed E-state index contributed by atoms with van der Waals surface area (Å²) in [5.41, 5.74) is 3.57. The van der Waals surface area contributed by atoms with Crippen molar-refractivity contribution >= 4 is 15.9 Å². The van der Waals surface area contributed by atoms with Gasteiger partial charge >= 0.3 is 0 Å². The minimum atomic E-state index is 0.538. The van der Waals surface area contributed by atoms with E-state index in [4.69, 9.17) is 0 Å². The predicted molar refractivity (Wildman–Crippen MR) is 85.8 cm³/mol. The molecule has 2 unspecified atom stereocenters. The maximum atomic E-state index is 3.91. The van der Waals surface area contributed by atoms with Crippen molar-refractivity contribution in [1.29, 1.82) is 0 Å². The van der Waals surface area contributed by atoms with Crippen molar-refractivity contribution in [2.45, 2.75) is 63.1 Å². The van der Waals surface area contributed by atoms with Crippen molar-refractivity contribution in [1.82, 2.24) is 0 Å². The van der Waals surface area contributed by atoms with Crippen molar-refractivity contribution < 1.29 is 0 Å². The van der Waals surface area contributed by atoms with Crippen molar-refractivity contribution in [3.8, 4) is 0 Å². The van der Waals surface area contributed by atoms with Gasteiger partial charge in [-0.25, -0.2) is 0 Å². The lowest BCUT2D eigenvalue weighted by Gasteiger charge is -2.22. The highest BCUT2D eigenvalue weighted by Crippen LogP contribution is 2.60. The third-order valence-electron chi connectivity index (χ3n) is 5.27. The summed E-state index contributed by atoms with van der Waals surface area (Å²) in [7, 11) is 0. The van der Waals surface area contributed by atoms with E-state index in [1.807, 2.05) is 0 Å². The number of benzene rings is 1. The van der Waals surface area contributed by atoms with E-state index in [9.17, 15) is 0 Å². The highest BCUT2D eigenvalue weighted by atomic mass is 79.9. The molecule has 0 amide bonds. The Morgan fingerprint density at radius 1 is 1.05 bits per heavy atom. The zero-order valence-electron chi connectivity index (χ0n) is 12.2. The molecule has 2 aliphatic rings. The first kappa shape index (κ1) is 13.7. The molecule has 1 heteroatoms. The molecule has 0 bridgehead atoms. The fourth-order valence-corrected chi connectivity index (χ4v) is 4.84. The van der Waals surface area contributed by atoms with Gasteiger partial charge in [0.15, 0.2) is 0 Å². The Kier molecular flexibility index (Phi) is 3.77. The summed E-state index contributed by atoms with van der Waals surface area (Å²) < 4.78 is 0. The highest BCUT2D eigenvalue weighted by molar-refractivity contribution is 9.09. The van der Waals surface area contributed by atoms with E-state index in [1.165, 1.54) is 44.1 Å². The van der Waals surface area contributed by atoms with Gasteiger partial charge in [-0.15, -0.1) is 0 Å². The van der Waals surface area contributed by atoms with Crippen LogP contribution in [0.2, 0.25) is 0 Å². The summed E-state index contributed by atoms with van der Waals surface area (Å²) in [4.78, 5) is 0.544. The van der Waals surface area contributed by atoms with Crippen LogP contribution in [-0.2, 0) is 0 Å². The van der Waals surface area contributed by atoms with Crippen LogP contribution in [-0.4, -0.2) is 0 Å². The van der Waals surface area contributed by atoms with Gasteiger partial charge in [0.05, 0.1) is 0 Å². The van der Waals surface area contributed by atoms with Gasteiger partial charge in [-0.3, -0.25) is 0 Å². The molecule has 19 heavy (non-hydrogen) atoms. The van der Waals surface area contributed by atoms with E-state index in [2.05, 4.69) is 54.0 Å². The number of halogens is 1. The Morgan fingerprint density at radius 3 is 2.16 bits per heavy atom. The van der Waals surface area contributed by atoms with E-state index in [1.54, 1.807) is 5.56 Å². The third kappa shape index (κ3) is 2.91. The molecule has 1 aromatic carbocycles. The normalized spacial score (nSPS) is 28.1. The number of alkyl halides is 1. The van der Waals surface area contributed by atoms with Gasteiger partial charge in [-0.1, -0.05) is 73.3 Å². The van der Waals surface area contributed by atoms with E-state index in [-0.39, 0.29) is 0 Å². The van der Waals surface area contributed by atoms with Gasteiger partial charge in [0, 0.05) is 4.83 Å². The van der Waals surface area contributed by atoms with Crippen molar-refractivity contribution in [3.63, 3.8) is 0 Å². The topological polar surface area (TPSA) is 0 Å². The minimum absolute atomic E-state index is 0.538. The zero-order chi connectivity index (χ0) is 13.5. The van der Waals surface area contributed by atoms with Crippen molar-refractivity contribution in [2.75, 3.05) is 0 Å². The SMILES string of the molecule is CC1(C)CC1C(Br)c1ccc(C2CCCCC2)cc1. The molecule has 2 fully saturated rings. The first-order valence-electron chi connectivity index (χ1n) is 7.82. The second kappa shape index (κ2) is 5.24. The fourth-order valence-electron chi connectivity index (χ4n) is 3.63. The lowest BCUT2D eigenvalue weighted by Crippen LogP contribution is -2.05. The van der Waals surface area contributed by atoms with Crippen LogP contribution in [0, 0.1) is 11.3 Å². The highest BCUT2D eigenvalue weighted by Gasteiger charge is 2.49. The summed E-state index contributed by atoms with van der Waals surface area (Å²) in [6, 6.07) is 9.49. The smallest absolute Gasteiger partial charge is 0.0428 e. The van der Waals surface area contributed by atoms with E-state index in [0.717, 1.165) is 11.8 Å². The Bertz CT molecular complexity index is 426. The summed E-state index contributed by atoms with van der Waals surface area (Å²) in [6.45, 7) is 4.75. The van der Waals surface area contributed by atoms with Crippen molar-refractivity contribution in [2.24, 2.45) is 11.3 Å². The Balaban J connectivity index is 1.68. The molecule has 0 N–H and O–H groups in total. The molecule has 0 radical (unpaired) electrons. The molecule has 0 spiro atoms. The molecule has 2 saturated carbocycles. The molecule has 0 heterocycles. The lowest BCUT2D eigenvalue weighted by atomic mass is 9.84. The van der Waals surface area contributed by atoms with Gasteiger partial charge in [0.25, 0.3) is 0 Å². The first-order chi connectivity index (χ1) is 9.08. The molecule has 104 valence electrons. The Labute approximate surface area is 126 Å². The summed E-state index contributed by atoms with van der Waals surface area (Å²) >= 11 is 3.91. The fraction of sp³-hybridized carbons (Fsp3) is 0.667. The van der Waals surface area contributed by atoms with Gasteiger partial charge < -0.3 is 0 Å². The molecular weight excluding hydrogens is 296 g/mol. The molecule has 3 rings (SSSR count). The monoisotopic (exact) mass is 320 g/mol. The standard InChI is InChI=1S/C18H25Br/c1-18(2)12-16(18)17(19)15-10-8-14(9-11-15)13-6-4-3-5-7-13/h8-11,13,16-17H,3-7,12H2,1-2H3. The number of rotatable bonds is 3. The molecule has 0 aromatic heterocycles. The molecule has 2 aliphatic carbocycles. The van der Waals surface area contributed by atoms with Crippen LogP contribution >= 0.6 is 15.9 Å². The van der Waals surface area contributed by atoms with Crippen LogP contribution in [0.15, 0.2) is 24.3 Å². The maximum absolute atomic E-state index is 3.91.